The highest BCUT2D eigenvalue weighted by Gasteiger charge is 2.35. The minimum atomic E-state index is -0.0805. The summed E-state index contributed by atoms with van der Waals surface area (Å²) in [7, 11) is 0. The van der Waals surface area contributed by atoms with Crippen molar-refractivity contribution >= 4 is 38.6 Å². The maximum Gasteiger partial charge on any atom is 0.0468 e. The second-order valence-electron chi connectivity index (χ2n) is 13.9. The zero-order valence-electron chi connectivity index (χ0n) is 28.1. The first-order chi connectivity index (χ1) is 24.0. The van der Waals surface area contributed by atoms with Gasteiger partial charge < -0.3 is 4.90 Å². The van der Waals surface area contributed by atoms with Crippen LogP contribution in [0.3, 0.4) is 0 Å². The van der Waals surface area contributed by atoms with Gasteiger partial charge in [-0.2, -0.15) is 0 Å². The molecule has 0 heterocycles. The number of anilines is 3. The lowest BCUT2D eigenvalue weighted by Gasteiger charge is -2.28. The van der Waals surface area contributed by atoms with Gasteiger partial charge in [-0.05, 0) is 127 Å². The number of aryl methyl sites for hydroxylation is 1. The highest BCUT2D eigenvalue weighted by Crippen LogP contribution is 2.51. The van der Waals surface area contributed by atoms with Crippen LogP contribution in [0, 0.1) is 6.92 Å². The number of rotatable bonds is 5. The third kappa shape index (κ3) is 4.85. The first kappa shape index (κ1) is 29.2. The lowest BCUT2D eigenvalue weighted by atomic mass is 9.82. The van der Waals surface area contributed by atoms with E-state index < -0.39 is 0 Å². The molecule has 0 radical (unpaired) electrons. The van der Waals surface area contributed by atoms with Crippen LogP contribution in [0.5, 0.6) is 0 Å². The number of nitrogens with zero attached hydrogens (tertiary/aromatic N) is 1. The Balaban J connectivity index is 1.20. The Morgan fingerprint density at radius 2 is 0.898 bits per heavy atom. The summed E-state index contributed by atoms with van der Waals surface area (Å²) < 4.78 is 0. The Morgan fingerprint density at radius 1 is 0.367 bits per heavy atom. The van der Waals surface area contributed by atoms with Crippen molar-refractivity contribution in [2.24, 2.45) is 0 Å². The summed E-state index contributed by atoms with van der Waals surface area (Å²) >= 11 is 0. The van der Waals surface area contributed by atoms with Crippen LogP contribution < -0.4 is 4.90 Å². The van der Waals surface area contributed by atoms with Gasteiger partial charge in [-0.3, -0.25) is 0 Å². The van der Waals surface area contributed by atoms with E-state index in [1.54, 1.807) is 0 Å². The highest BCUT2D eigenvalue weighted by atomic mass is 15.1. The molecule has 0 atom stereocenters. The quantitative estimate of drug-likeness (QED) is 0.183. The van der Waals surface area contributed by atoms with Gasteiger partial charge in [0, 0.05) is 22.5 Å². The van der Waals surface area contributed by atoms with Crippen molar-refractivity contribution in [3.05, 3.63) is 187 Å². The SMILES string of the molecule is Cc1ccccc1-c1cc2ccccc2cc1-c1ccc(N(c2ccc3c(c2)C(C)(C)c2ccccc2-3)c2ccc3ccccc3c2)cc1. The monoisotopic (exact) mass is 627 g/mol. The van der Waals surface area contributed by atoms with Gasteiger partial charge in [0.1, 0.15) is 0 Å². The molecular formula is C48H37N. The van der Waals surface area contributed by atoms with Gasteiger partial charge in [-0.1, -0.05) is 135 Å². The zero-order chi connectivity index (χ0) is 33.1. The average Bonchev–Trinajstić information content (AvgIpc) is 3.37. The highest BCUT2D eigenvalue weighted by molar-refractivity contribution is 5.97. The molecule has 234 valence electrons. The van der Waals surface area contributed by atoms with E-state index in [0.717, 1.165) is 17.1 Å². The molecule has 1 aliphatic rings. The van der Waals surface area contributed by atoms with E-state index in [1.165, 1.54) is 71.6 Å². The summed E-state index contributed by atoms with van der Waals surface area (Å²) in [5, 5.41) is 4.98. The third-order valence-electron chi connectivity index (χ3n) is 10.6. The van der Waals surface area contributed by atoms with Crippen molar-refractivity contribution in [3.63, 3.8) is 0 Å². The molecule has 0 aromatic heterocycles. The summed E-state index contributed by atoms with van der Waals surface area (Å²) in [4.78, 5) is 2.41. The smallest absolute Gasteiger partial charge is 0.0468 e. The molecule has 0 saturated carbocycles. The fraction of sp³-hybridized carbons (Fsp3) is 0.0833. The second kappa shape index (κ2) is 11.4. The fourth-order valence-corrected chi connectivity index (χ4v) is 7.96. The molecule has 0 unspecified atom stereocenters. The Kier molecular flexibility index (Phi) is 6.78. The molecule has 1 aliphatic carbocycles. The summed E-state index contributed by atoms with van der Waals surface area (Å²) in [6, 6.07) is 62.6. The first-order valence-corrected chi connectivity index (χ1v) is 17.2. The zero-order valence-corrected chi connectivity index (χ0v) is 28.1. The van der Waals surface area contributed by atoms with E-state index in [2.05, 4.69) is 196 Å². The maximum atomic E-state index is 2.41. The standard InChI is InChI=1S/C48H37N/c1-32-12-4-9-17-41(32)45-30-37-16-8-7-15-36(37)29-44(45)34-21-23-38(24-22-34)49(39-25-20-33-13-5-6-14-35(33)28-39)40-26-27-43-42-18-10-11-19-46(42)48(2,3)47(43)31-40/h4-31H,1-3H3. The molecule has 8 aromatic carbocycles. The van der Waals surface area contributed by atoms with Gasteiger partial charge in [-0.25, -0.2) is 0 Å². The van der Waals surface area contributed by atoms with E-state index in [9.17, 15) is 0 Å². The molecule has 0 saturated heterocycles. The average molecular weight is 628 g/mol. The molecule has 0 aliphatic heterocycles. The topological polar surface area (TPSA) is 3.24 Å². The van der Waals surface area contributed by atoms with Crippen molar-refractivity contribution in [2.45, 2.75) is 26.2 Å². The van der Waals surface area contributed by atoms with Gasteiger partial charge >= 0.3 is 0 Å². The molecule has 1 nitrogen and oxygen atoms in total. The van der Waals surface area contributed by atoms with Crippen LogP contribution in [0.15, 0.2) is 170 Å². The third-order valence-corrected chi connectivity index (χ3v) is 10.6. The van der Waals surface area contributed by atoms with Crippen LogP contribution >= 0.6 is 0 Å². The number of hydrogen-bond acceptors (Lipinski definition) is 1. The van der Waals surface area contributed by atoms with Gasteiger partial charge in [0.2, 0.25) is 0 Å². The van der Waals surface area contributed by atoms with E-state index in [0.29, 0.717) is 0 Å². The van der Waals surface area contributed by atoms with Crippen molar-refractivity contribution in [1.29, 1.82) is 0 Å². The normalized spacial score (nSPS) is 13.0. The Labute approximate surface area is 288 Å². The molecule has 0 fully saturated rings. The number of fused-ring (bicyclic) bond motifs is 5. The first-order valence-electron chi connectivity index (χ1n) is 17.2. The minimum absolute atomic E-state index is 0.0805. The molecule has 0 spiro atoms. The van der Waals surface area contributed by atoms with E-state index in [1.807, 2.05) is 0 Å². The lowest BCUT2D eigenvalue weighted by molar-refractivity contribution is 0.660. The van der Waals surface area contributed by atoms with Crippen molar-refractivity contribution < 1.29 is 0 Å². The van der Waals surface area contributed by atoms with Crippen LogP contribution in [-0.4, -0.2) is 0 Å². The molecule has 9 rings (SSSR count). The number of benzene rings is 8. The predicted octanol–water partition coefficient (Wildman–Crippen LogP) is 13.4. The van der Waals surface area contributed by atoms with Crippen molar-refractivity contribution in [2.75, 3.05) is 4.90 Å². The van der Waals surface area contributed by atoms with Crippen LogP contribution in [0.2, 0.25) is 0 Å². The van der Waals surface area contributed by atoms with Crippen molar-refractivity contribution in [1.82, 2.24) is 0 Å². The lowest BCUT2D eigenvalue weighted by Crippen LogP contribution is -2.16. The number of hydrogen-bond donors (Lipinski definition) is 0. The second-order valence-corrected chi connectivity index (χ2v) is 13.9. The molecule has 1 heteroatoms. The van der Waals surface area contributed by atoms with Crippen LogP contribution in [0.25, 0.3) is 54.9 Å². The molecule has 8 aromatic rings. The van der Waals surface area contributed by atoms with Crippen molar-refractivity contribution in [3.8, 4) is 33.4 Å². The molecule has 0 amide bonds. The summed E-state index contributed by atoms with van der Waals surface area (Å²) in [5.74, 6) is 0. The maximum absolute atomic E-state index is 2.41. The van der Waals surface area contributed by atoms with E-state index >= 15 is 0 Å². The van der Waals surface area contributed by atoms with E-state index in [4.69, 9.17) is 0 Å². The Bertz CT molecular complexity index is 2540. The molecule has 0 N–H and O–H groups in total. The van der Waals surface area contributed by atoms with Crippen LogP contribution in [0.1, 0.15) is 30.5 Å². The van der Waals surface area contributed by atoms with Gasteiger partial charge in [0.05, 0.1) is 0 Å². The van der Waals surface area contributed by atoms with Crippen LogP contribution in [-0.2, 0) is 5.41 Å². The van der Waals surface area contributed by atoms with Gasteiger partial charge in [-0.15, -0.1) is 0 Å². The van der Waals surface area contributed by atoms with Crippen LogP contribution in [0.4, 0.5) is 17.1 Å². The van der Waals surface area contributed by atoms with E-state index in [-0.39, 0.29) is 5.41 Å². The van der Waals surface area contributed by atoms with Gasteiger partial charge in [0.25, 0.3) is 0 Å². The molecular weight excluding hydrogens is 591 g/mol. The largest absolute Gasteiger partial charge is 0.310 e. The Hall–Kier alpha value is -5.92. The summed E-state index contributed by atoms with van der Waals surface area (Å²) in [6.45, 7) is 6.91. The minimum Gasteiger partial charge on any atom is -0.310 e. The molecule has 0 bridgehead atoms. The molecule has 49 heavy (non-hydrogen) atoms. The fourth-order valence-electron chi connectivity index (χ4n) is 7.96. The Morgan fingerprint density at radius 3 is 1.63 bits per heavy atom. The summed E-state index contributed by atoms with van der Waals surface area (Å²) in [5.41, 5.74) is 15.0. The van der Waals surface area contributed by atoms with Gasteiger partial charge in [0.15, 0.2) is 0 Å². The summed E-state index contributed by atoms with van der Waals surface area (Å²) in [6.07, 6.45) is 0. The predicted molar refractivity (Wildman–Crippen MR) is 209 cm³/mol.